The Morgan fingerprint density at radius 3 is 2.70 bits per heavy atom. The summed E-state index contributed by atoms with van der Waals surface area (Å²) < 4.78 is 6.83. The topological polar surface area (TPSA) is 37.4 Å². The van der Waals surface area contributed by atoms with E-state index in [1.807, 2.05) is 0 Å². The summed E-state index contributed by atoms with van der Waals surface area (Å²) in [5.41, 5.74) is 1.10. The Hall–Kier alpha value is -0.650. The minimum Gasteiger partial charge on any atom is -0.476 e. The van der Waals surface area contributed by atoms with E-state index in [1.54, 1.807) is 6.20 Å². The highest BCUT2D eigenvalue weighted by Crippen LogP contribution is 2.20. The molecule has 0 radical (unpaired) electrons. The van der Waals surface area contributed by atoms with Gasteiger partial charge >= 0.3 is 0 Å². The Bertz CT molecular complexity index is 383. The molecule has 0 aliphatic carbocycles. The summed E-state index contributed by atoms with van der Waals surface area (Å²) in [6.45, 7) is 12.0. The summed E-state index contributed by atoms with van der Waals surface area (Å²) in [7, 11) is 0. The largest absolute Gasteiger partial charge is 0.476 e. The molecule has 4 nitrogen and oxygen atoms in total. The van der Waals surface area contributed by atoms with Gasteiger partial charge in [0.25, 0.3) is 0 Å². The average Bonchev–Trinajstić information content (AvgIpc) is 2.46. The monoisotopic (exact) mass is 343 g/mol. The standard InChI is InChI=1S/C15H26BrN3O/c1-4-7-17-11-13-10-14(16)12-18-15(13)20-9-8-19(5-2)6-3/h10,12,17H,4-9,11H2,1-3H3. The van der Waals surface area contributed by atoms with Crippen LogP contribution in [0, 0.1) is 0 Å². The molecule has 1 aromatic heterocycles. The van der Waals surface area contributed by atoms with E-state index < -0.39 is 0 Å². The van der Waals surface area contributed by atoms with Crippen LogP contribution in [0.2, 0.25) is 0 Å². The molecule has 114 valence electrons. The lowest BCUT2D eigenvalue weighted by molar-refractivity contribution is 0.216. The Morgan fingerprint density at radius 1 is 1.30 bits per heavy atom. The van der Waals surface area contributed by atoms with Crippen molar-refractivity contribution in [1.29, 1.82) is 0 Å². The quantitative estimate of drug-likeness (QED) is 0.662. The van der Waals surface area contributed by atoms with Crippen molar-refractivity contribution in [1.82, 2.24) is 15.2 Å². The van der Waals surface area contributed by atoms with Gasteiger partial charge in [-0.1, -0.05) is 20.8 Å². The fraction of sp³-hybridized carbons (Fsp3) is 0.667. The van der Waals surface area contributed by atoms with E-state index in [9.17, 15) is 0 Å². The molecule has 0 aliphatic rings. The summed E-state index contributed by atoms with van der Waals surface area (Å²) in [6, 6.07) is 2.07. The predicted molar refractivity (Wildman–Crippen MR) is 87.2 cm³/mol. The number of aromatic nitrogens is 1. The zero-order valence-electron chi connectivity index (χ0n) is 12.8. The number of halogens is 1. The highest BCUT2D eigenvalue weighted by atomic mass is 79.9. The lowest BCUT2D eigenvalue weighted by atomic mass is 10.2. The molecular weight excluding hydrogens is 318 g/mol. The smallest absolute Gasteiger partial charge is 0.217 e. The second kappa shape index (κ2) is 10.1. The van der Waals surface area contributed by atoms with Crippen molar-refractivity contribution in [3.8, 4) is 5.88 Å². The third-order valence-corrected chi connectivity index (χ3v) is 3.61. The molecule has 20 heavy (non-hydrogen) atoms. The highest BCUT2D eigenvalue weighted by molar-refractivity contribution is 9.10. The maximum Gasteiger partial charge on any atom is 0.217 e. The Morgan fingerprint density at radius 2 is 2.05 bits per heavy atom. The van der Waals surface area contributed by atoms with Crippen LogP contribution >= 0.6 is 15.9 Å². The van der Waals surface area contributed by atoms with Crippen LogP contribution in [0.1, 0.15) is 32.8 Å². The maximum atomic E-state index is 5.84. The molecule has 0 aromatic carbocycles. The molecule has 1 N–H and O–H groups in total. The van der Waals surface area contributed by atoms with Gasteiger partial charge in [0.05, 0.1) is 0 Å². The first kappa shape index (κ1) is 17.4. The Kier molecular flexibility index (Phi) is 8.82. The van der Waals surface area contributed by atoms with E-state index in [0.717, 1.165) is 55.1 Å². The summed E-state index contributed by atoms with van der Waals surface area (Å²) in [5, 5.41) is 3.39. The molecule has 0 bridgehead atoms. The Balaban J connectivity index is 2.54. The number of pyridine rings is 1. The van der Waals surface area contributed by atoms with Crippen molar-refractivity contribution >= 4 is 15.9 Å². The first-order valence-electron chi connectivity index (χ1n) is 7.41. The van der Waals surface area contributed by atoms with Crippen molar-refractivity contribution < 1.29 is 4.74 Å². The van der Waals surface area contributed by atoms with Gasteiger partial charge in [0, 0.05) is 29.3 Å². The van der Waals surface area contributed by atoms with E-state index in [1.165, 1.54) is 0 Å². The van der Waals surface area contributed by atoms with Crippen LogP contribution in [0.15, 0.2) is 16.7 Å². The third kappa shape index (κ3) is 6.20. The average molecular weight is 344 g/mol. The van der Waals surface area contributed by atoms with Crippen LogP contribution in [0.5, 0.6) is 5.88 Å². The minimum absolute atomic E-state index is 0.678. The van der Waals surface area contributed by atoms with E-state index in [2.05, 4.69) is 58.0 Å². The SMILES string of the molecule is CCCNCc1cc(Br)cnc1OCCN(CC)CC. The Labute approximate surface area is 131 Å². The summed E-state index contributed by atoms with van der Waals surface area (Å²) >= 11 is 3.47. The first-order chi connectivity index (χ1) is 9.71. The minimum atomic E-state index is 0.678. The maximum absolute atomic E-state index is 5.84. The normalized spacial score (nSPS) is 11.1. The predicted octanol–water partition coefficient (Wildman–Crippen LogP) is 3.06. The molecule has 0 spiro atoms. The molecule has 0 amide bonds. The van der Waals surface area contributed by atoms with Crippen LogP contribution in [-0.2, 0) is 6.54 Å². The van der Waals surface area contributed by atoms with Crippen LogP contribution in [0.25, 0.3) is 0 Å². The molecule has 0 unspecified atom stereocenters. The molecule has 0 aliphatic heterocycles. The van der Waals surface area contributed by atoms with Crippen molar-refractivity contribution in [3.63, 3.8) is 0 Å². The van der Waals surface area contributed by atoms with Gasteiger partial charge in [-0.3, -0.25) is 0 Å². The second-order valence-corrected chi connectivity index (χ2v) is 5.59. The molecular formula is C15H26BrN3O. The molecule has 0 saturated carbocycles. The molecule has 1 aromatic rings. The summed E-state index contributed by atoms with van der Waals surface area (Å²) in [5.74, 6) is 0.740. The van der Waals surface area contributed by atoms with Crippen molar-refractivity contribution in [2.45, 2.75) is 33.7 Å². The molecule has 1 heterocycles. The number of likely N-dealkylation sites (N-methyl/N-ethyl adjacent to an activating group) is 1. The van der Waals surface area contributed by atoms with Crippen LogP contribution in [-0.4, -0.2) is 42.7 Å². The van der Waals surface area contributed by atoms with Crippen molar-refractivity contribution in [2.75, 3.05) is 32.8 Å². The van der Waals surface area contributed by atoms with E-state index in [0.29, 0.717) is 6.61 Å². The second-order valence-electron chi connectivity index (χ2n) is 4.67. The molecule has 0 atom stereocenters. The van der Waals surface area contributed by atoms with Gasteiger partial charge < -0.3 is 15.0 Å². The van der Waals surface area contributed by atoms with Gasteiger partial charge in [0.1, 0.15) is 6.61 Å². The van der Waals surface area contributed by atoms with Gasteiger partial charge in [0.15, 0.2) is 0 Å². The third-order valence-electron chi connectivity index (χ3n) is 3.17. The van der Waals surface area contributed by atoms with Gasteiger partial charge in [-0.25, -0.2) is 4.98 Å². The van der Waals surface area contributed by atoms with Crippen LogP contribution in [0.4, 0.5) is 0 Å². The lowest BCUT2D eigenvalue weighted by Gasteiger charge is -2.18. The number of rotatable bonds is 10. The molecule has 5 heteroatoms. The van der Waals surface area contributed by atoms with E-state index >= 15 is 0 Å². The van der Waals surface area contributed by atoms with E-state index in [-0.39, 0.29) is 0 Å². The van der Waals surface area contributed by atoms with Crippen molar-refractivity contribution in [2.24, 2.45) is 0 Å². The fourth-order valence-corrected chi connectivity index (χ4v) is 2.32. The summed E-state index contributed by atoms with van der Waals surface area (Å²) in [4.78, 5) is 6.72. The molecule has 1 rings (SSSR count). The first-order valence-corrected chi connectivity index (χ1v) is 8.20. The molecule has 0 fully saturated rings. The summed E-state index contributed by atoms with van der Waals surface area (Å²) in [6.07, 6.45) is 2.91. The lowest BCUT2D eigenvalue weighted by Crippen LogP contribution is -2.28. The van der Waals surface area contributed by atoms with E-state index in [4.69, 9.17) is 4.74 Å². The number of hydrogen-bond donors (Lipinski definition) is 1. The number of ether oxygens (including phenoxy) is 1. The van der Waals surface area contributed by atoms with Gasteiger partial charge in [-0.2, -0.15) is 0 Å². The highest BCUT2D eigenvalue weighted by Gasteiger charge is 2.07. The van der Waals surface area contributed by atoms with Gasteiger partial charge in [0.2, 0.25) is 5.88 Å². The van der Waals surface area contributed by atoms with Crippen LogP contribution < -0.4 is 10.1 Å². The fourth-order valence-electron chi connectivity index (χ4n) is 1.94. The van der Waals surface area contributed by atoms with Gasteiger partial charge in [-0.05, 0) is 48.1 Å². The van der Waals surface area contributed by atoms with Crippen LogP contribution in [0.3, 0.4) is 0 Å². The number of nitrogens with one attached hydrogen (secondary N) is 1. The van der Waals surface area contributed by atoms with Gasteiger partial charge in [-0.15, -0.1) is 0 Å². The zero-order chi connectivity index (χ0) is 14.8. The molecule has 0 saturated heterocycles. The number of nitrogens with zero attached hydrogens (tertiary/aromatic N) is 2. The number of hydrogen-bond acceptors (Lipinski definition) is 4. The zero-order valence-corrected chi connectivity index (χ0v) is 14.4. The van der Waals surface area contributed by atoms with Crippen molar-refractivity contribution in [3.05, 3.63) is 22.3 Å².